The Labute approximate surface area is 252 Å². The van der Waals surface area contributed by atoms with Gasteiger partial charge in [0.25, 0.3) is 0 Å². The smallest absolute Gasteiger partial charge is 0.412 e. The molecule has 14 heteroatoms. The van der Waals surface area contributed by atoms with Crippen LogP contribution in [0.4, 0.5) is 24.2 Å². The average molecular weight is 622 g/mol. The number of carboxylic acids is 1. The number of aliphatic hydroxyl groups is 1. The summed E-state index contributed by atoms with van der Waals surface area (Å²) in [5.74, 6) is -2.55. The molecule has 3 unspecified atom stereocenters. The van der Waals surface area contributed by atoms with E-state index in [1.54, 1.807) is 19.1 Å². The van der Waals surface area contributed by atoms with E-state index in [1.165, 1.54) is 48.5 Å². The van der Waals surface area contributed by atoms with E-state index in [-0.39, 0.29) is 36.8 Å². The predicted octanol–water partition coefficient (Wildman–Crippen LogP) is 4.50. The van der Waals surface area contributed by atoms with E-state index in [0.717, 1.165) is 0 Å². The minimum absolute atomic E-state index is 0.0273. The van der Waals surface area contributed by atoms with Gasteiger partial charge in [0.2, 0.25) is 0 Å². The van der Waals surface area contributed by atoms with E-state index in [1.807, 2.05) is 0 Å². The molecule has 4 atom stereocenters. The van der Waals surface area contributed by atoms with Crippen LogP contribution in [0.2, 0.25) is 5.02 Å². The quantitative estimate of drug-likeness (QED) is 0.186. The summed E-state index contributed by atoms with van der Waals surface area (Å²) in [5.41, 5.74) is 6.00. The summed E-state index contributed by atoms with van der Waals surface area (Å²) >= 11 is 5.97. The third-order valence-corrected chi connectivity index (χ3v) is 7.47. The zero-order chi connectivity index (χ0) is 31.7. The van der Waals surface area contributed by atoms with Gasteiger partial charge in [-0.1, -0.05) is 30.7 Å². The van der Waals surface area contributed by atoms with Crippen molar-refractivity contribution in [1.29, 1.82) is 0 Å². The highest BCUT2D eigenvalue weighted by molar-refractivity contribution is 6.31. The largest absolute Gasteiger partial charge is 0.480 e. The number of carbonyl (C=O) groups excluding carboxylic acids is 2. The number of carbonyl (C=O) groups is 3. The van der Waals surface area contributed by atoms with Gasteiger partial charge in [-0.05, 0) is 66.5 Å². The van der Waals surface area contributed by atoms with E-state index in [9.17, 15) is 28.3 Å². The molecule has 3 amide bonds. The maximum Gasteiger partial charge on any atom is 0.412 e. The molecule has 0 bridgehead atoms. The van der Waals surface area contributed by atoms with Crippen molar-refractivity contribution in [2.75, 3.05) is 19.0 Å². The molecule has 0 radical (unpaired) electrons. The Morgan fingerprint density at radius 3 is 2.60 bits per heavy atom. The fraction of sp³-hybridized carbons (Fsp3) is 0.379. The molecule has 3 aromatic rings. The zero-order valence-electron chi connectivity index (χ0n) is 23.6. The number of ether oxygens (including phenoxy) is 1. The Morgan fingerprint density at radius 2 is 1.88 bits per heavy atom. The highest BCUT2D eigenvalue weighted by atomic mass is 35.5. The molecule has 0 fully saturated rings. The van der Waals surface area contributed by atoms with Crippen molar-refractivity contribution in [3.63, 3.8) is 0 Å². The lowest BCUT2D eigenvalue weighted by Crippen LogP contribution is -2.47. The molecule has 0 aliphatic heterocycles. The number of rotatable bonds is 13. The van der Waals surface area contributed by atoms with Crippen LogP contribution in [-0.4, -0.2) is 70.0 Å². The van der Waals surface area contributed by atoms with Crippen molar-refractivity contribution < 1.29 is 38.1 Å². The van der Waals surface area contributed by atoms with Crippen LogP contribution in [0.1, 0.15) is 31.7 Å². The van der Waals surface area contributed by atoms with Crippen LogP contribution < -0.4 is 16.4 Å². The van der Waals surface area contributed by atoms with Crippen LogP contribution in [0.5, 0.6) is 0 Å². The van der Waals surface area contributed by atoms with Gasteiger partial charge in [0.1, 0.15) is 30.1 Å². The number of likely N-dealkylation sites (N-methyl/N-ethyl adjacent to an activating group) is 1. The van der Waals surface area contributed by atoms with Crippen LogP contribution in [0.15, 0.2) is 48.7 Å². The Balaban J connectivity index is 1.65. The highest BCUT2D eigenvalue weighted by Crippen LogP contribution is 2.21. The Bertz CT molecular complexity index is 1450. The number of nitrogens with two attached hydrogens (primary N) is 1. The number of aromatic nitrogens is 1. The number of hydrogen-bond acceptors (Lipinski definition) is 7. The monoisotopic (exact) mass is 621 g/mol. The third kappa shape index (κ3) is 9.73. The Morgan fingerprint density at radius 1 is 1.14 bits per heavy atom. The summed E-state index contributed by atoms with van der Waals surface area (Å²) in [4.78, 5) is 42.0. The van der Waals surface area contributed by atoms with Crippen LogP contribution >= 0.6 is 11.6 Å². The standard InChI is InChI=1S/C29H34ClF2N5O6/c1-16(26(33)27(39)40)6-9-22(38)12-21(37(2)28(41)35-14-18-4-3-5-23(32)25(18)30)15-43-29(42)36-24-11-19-10-20(31)8-7-17(19)13-34-24/h3-5,7-8,10-11,13,16,21-22,26,38H,6,9,12,14-15,33H2,1-2H3,(H,35,41)(H,39,40)(H,34,36,42)/t16?,21?,22?,26-/m0/s1. The lowest BCUT2D eigenvalue weighted by molar-refractivity contribution is -0.139. The Kier molecular flexibility index (Phi) is 12.0. The van der Waals surface area contributed by atoms with Crippen LogP contribution in [0.25, 0.3) is 10.8 Å². The van der Waals surface area contributed by atoms with E-state index < -0.39 is 53.8 Å². The van der Waals surface area contributed by atoms with Crippen molar-refractivity contribution in [3.05, 3.63) is 70.9 Å². The van der Waals surface area contributed by atoms with E-state index in [0.29, 0.717) is 22.8 Å². The summed E-state index contributed by atoms with van der Waals surface area (Å²) in [6.07, 6.45) is 0.0144. The van der Waals surface area contributed by atoms with E-state index in [4.69, 9.17) is 27.2 Å². The summed E-state index contributed by atoms with van der Waals surface area (Å²) in [6, 6.07) is 7.27. The molecule has 1 heterocycles. The number of urea groups is 1. The normalized spacial score (nSPS) is 13.9. The topological polar surface area (TPSA) is 167 Å². The molecule has 0 saturated carbocycles. The van der Waals surface area contributed by atoms with Crippen LogP contribution in [0.3, 0.4) is 0 Å². The first kappa shape index (κ1) is 33.4. The van der Waals surface area contributed by atoms with Crippen LogP contribution in [0, 0.1) is 17.6 Å². The van der Waals surface area contributed by atoms with Gasteiger partial charge >= 0.3 is 18.1 Å². The highest BCUT2D eigenvalue weighted by Gasteiger charge is 2.27. The second kappa shape index (κ2) is 15.4. The third-order valence-electron chi connectivity index (χ3n) is 7.05. The maximum atomic E-state index is 13.8. The van der Waals surface area contributed by atoms with Crippen molar-refractivity contribution in [3.8, 4) is 0 Å². The number of halogens is 3. The number of nitrogens with one attached hydrogen (secondary N) is 2. The minimum Gasteiger partial charge on any atom is -0.480 e. The molecule has 0 aliphatic rings. The summed E-state index contributed by atoms with van der Waals surface area (Å²) in [7, 11) is 1.43. The molecule has 1 aromatic heterocycles. The molecule has 0 spiro atoms. The fourth-order valence-electron chi connectivity index (χ4n) is 4.29. The summed E-state index contributed by atoms with van der Waals surface area (Å²) < 4.78 is 32.7. The molecule has 0 aliphatic carbocycles. The maximum absolute atomic E-state index is 13.8. The first-order valence-corrected chi connectivity index (χ1v) is 13.8. The summed E-state index contributed by atoms with van der Waals surface area (Å²) in [6.45, 7) is 1.23. The molecular formula is C29H34ClF2N5O6. The number of fused-ring (bicyclic) bond motifs is 1. The van der Waals surface area contributed by atoms with Crippen molar-refractivity contribution >= 4 is 46.3 Å². The molecule has 2 aromatic carbocycles. The van der Waals surface area contributed by atoms with Crippen LogP contribution in [-0.2, 0) is 16.1 Å². The average Bonchev–Trinajstić information content (AvgIpc) is 2.97. The minimum atomic E-state index is -1.15. The zero-order valence-corrected chi connectivity index (χ0v) is 24.4. The summed E-state index contributed by atoms with van der Waals surface area (Å²) in [5, 5.41) is 26.0. The number of pyridine rings is 1. The first-order chi connectivity index (χ1) is 20.3. The lowest BCUT2D eigenvalue weighted by atomic mass is 9.94. The predicted molar refractivity (Wildman–Crippen MR) is 157 cm³/mol. The van der Waals surface area contributed by atoms with Gasteiger partial charge in [0.15, 0.2) is 0 Å². The lowest BCUT2D eigenvalue weighted by Gasteiger charge is -2.30. The Hall–Kier alpha value is -4.07. The molecule has 232 valence electrons. The van der Waals surface area contributed by atoms with Crippen molar-refractivity contribution in [2.24, 2.45) is 11.7 Å². The molecule has 6 N–H and O–H groups in total. The van der Waals surface area contributed by atoms with Crippen molar-refractivity contribution in [1.82, 2.24) is 15.2 Å². The number of benzene rings is 2. The number of aliphatic hydroxyl groups excluding tert-OH is 1. The first-order valence-electron chi connectivity index (χ1n) is 13.4. The fourth-order valence-corrected chi connectivity index (χ4v) is 4.48. The number of anilines is 1. The molecule has 11 nitrogen and oxygen atoms in total. The molecule has 43 heavy (non-hydrogen) atoms. The van der Waals surface area contributed by atoms with Gasteiger partial charge in [-0.15, -0.1) is 0 Å². The van der Waals surface area contributed by atoms with Gasteiger partial charge in [-0.25, -0.2) is 23.4 Å². The van der Waals surface area contributed by atoms with Gasteiger partial charge in [0.05, 0.1) is 17.2 Å². The van der Waals surface area contributed by atoms with E-state index in [2.05, 4.69) is 15.6 Å². The molecule has 3 rings (SSSR count). The second-order valence-electron chi connectivity index (χ2n) is 10.2. The van der Waals surface area contributed by atoms with Crippen molar-refractivity contribution in [2.45, 2.75) is 50.9 Å². The van der Waals surface area contributed by atoms with Gasteiger partial charge < -0.3 is 30.9 Å². The number of nitrogens with zero attached hydrogens (tertiary/aromatic N) is 2. The van der Waals surface area contributed by atoms with Gasteiger partial charge in [0, 0.05) is 25.2 Å². The second-order valence-corrected chi connectivity index (χ2v) is 10.6. The number of hydrogen-bond donors (Lipinski definition) is 5. The number of amides is 3. The van der Waals surface area contributed by atoms with Gasteiger partial charge in [-0.3, -0.25) is 10.1 Å². The number of carboxylic acid groups (broad SMARTS) is 1. The van der Waals surface area contributed by atoms with E-state index >= 15 is 0 Å². The molecule has 0 saturated heterocycles. The SMILES string of the molecule is CC(CCC(O)CC(COC(=O)Nc1cc2cc(F)ccc2cn1)N(C)C(=O)NCc1cccc(F)c1Cl)[C@H](N)C(=O)O. The number of aliphatic carboxylic acids is 1. The van der Waals surface area contributed by atoms with Gasteiger partial charge in [-0.2, -0.15) is 0 Å². The molecular weight excluding hydrogens is 588 g/mol.